The summed E-state index contributed by atoms with van der Waals surface area (Å²) in [6, 6.07) is 9.49. The Kier molecular flexibility index (Phi) is 3.70. The molecule has 0 atom stereocenters. The number of hydrogen-bond acceptors (Lipinski definition) is 2. The lowest BCUT2D eigenvalue weighted by Crippen LogP contribution is -1.98. The van der Waals surface area contributed by atoms with Crippen LogP contribution in [0.25, 0.3) is 0 Å². The van der Waals surface area contributed by atoms with Crippen molar-refractivity contribution in [3.05, 3.63) is 35.9 Å². The van der Waals surface area contributed by atoms with Gasteiger partial charge in [0.05, 0.1) is 0 Å². The Morgan fingerprint density at radius 1 is 1.46 bits per heavy atom. The fourth-order valence-electron chi connectivity index (χ4n) is 0.862. The van der Waals surface area contributed by atoms with Crippen molar-refractivity contribution < 1.29 is 9.53 Å². The topological polar surface area (TPSA) is 38.7 Å². The molecule has 0 spiro atoms. The molecular weight excluding hydrogens is 166 g/mol. The quantitative estimate of drug-likeness (QED) is 0.650. The standard InChI is InChI=1S/C10H11NO2/c1-2-11-10(12)13-8-9-6-4-3-5-7-9/h2-7H,8H2,1H3. The number of ether oxygens (including phenoxy) is 1. The molecule has 0 radical (unpaired) electrons. The maximum Gasteiger partial charge on any atom is 0.433 e. The van der Waals surface area contributed by atoms with Crippen molar-refractivity contribution in [1.29, 1.82) is 0 Å². The molecule has 0 unspecified atom stereocenters. The van der Waals surface area contributed by atoms with Gasteiger partial charge >= 0.3 is 6.09 Å². The number of aliphatic imine (C=N–C) groups is 1. The molecule has 0 saturated carbocycles. The molecule has 0 aliphatic rings. The minimum Gasteiger partial charge on any atom is -0.443 e. The first kappa shape index (κ1) is 9.45. The van der Waals surface area contributed by atoms with Crippen LogP contribution in [0.4, 0.5) is 4.79 Å². The summed E-state index contributed by atoms with van der Waals surface area (Å²) >= 11 is 0. The van der Waals surface area contributed by atoms with E-state index in [0.29, 0.717) is 0 Å². The minimum absolute atomic E-state index is 0.275. The monoisotopic (exact) mass is 177 g/mol. The molecule has 0 bridgehead atoms. The maximum absolute atomic E-state index is 10.8. The highest BCUT2D eigenvalue weighted by molar-refractivity contribution is 5.78. The first-order valence-electron chi connectivity index (χ1n) is 4.02. The molecule has 1 rings (SSSR count). The van der Waals surface area contributed by atoms with Crippen molar-refractivity contribution >= 4 is 12.3 Å². The fourth-order valence-corrected chi connectivity index (χ4v) is 0.862. The van der Waals surface area contributed by atoms with Crippen LogP contribution in [0, 0.1) is 0 Å². The Morgan fingerprint density at radius 3 is 2.77 bits per heavy atom. The molecule has 1 aromatic carbocycles. The molecule has 68 valence electrons. The number of carbonyl (C=O) groups is 1. The van der Waals surface area contributed by atoms with E-state index in [2.05, 4.69) is 4.99 Å². The van der Waals surface area contributed by atoms with E-state index in [9.17, 15) is 4.79 Å². The number of rotatable bonds is 2. The van der Waals surface area contributed by atoms with Crippen LogP contribution in [0.2, 0.25) is 0 Å². The van der Waals surface area contributed by atoms with Gasteiger partial charge in [-0.15, -0.1) is 0 Å². The van der Waals surface area contributed by atoms with Crippen LogP contribution in [0.15, 0.2) is 35.3 Å². The summed E-state index contributed by atoms with van der Waals surface area (Å²) in [6.07, 6.45) is 0.860. The maximum atomic E-state index is 10.8. The molecule has 1 amide bonds. The third-order valence-electron chi connectivity index (χ3n) is 1.44. The molecule has 0 aromatic heterocycles. The molecule has 0 N–H and O–H groups in total. The first-order chi connectivity index (χ1) is 6.33. The predicted molar refractivity (Wildman–Crippen MR) is 50.8 cm³/mol. The van der Waals surface area contributed by atoms with E-state index in [1.807, 2.05) is 30.3 Å². The highest BCUT2D eigenvalue weighted by atomic mass is 16.5. The molecule has 0 saturated heterocycles. The number of nitrogens with zero attached hydrogens (tertiary/aromatic N) is 1. The van der Waals surface area contributed by atoms with E-state index in [4.69, 9.17) is 4.74 Å². The van der Waals surface area contributed by atoms with Gasteiger partial charge in [-0.25, -0.2) is 4.79 Å². The van der Waals surface area contributed by atoms with Crippen LogP contribution in [-0.4, -0.2) is 12.3 Å². The lowest BCUT2D eigenvalue weighted by Gasteiger charge is -1.99. The molecular formula is C10H11NO2. The highest BCUT2D eigenvalue weighted by Crippen LogP contribution is 2.00. The summed E-state index contributed by atoms with van der Waals surface area (Å²) < 4.78 is 4.83. The Labute approximate surface area is 77.1 Å². The highest BCUT2D eigenvalue weighted by Gasteiger charge is 1.97. The van der Waals surface area contributed by atoms with E-state index in [1.54, 1.807) is 6.92 Å². The smallest absolute Gasteiger partial charge is 0.433 e. The summed E-state index contributed by atoms with van der Waals surface area (Å²) in [4.78, 5) is 14.2. The van der Waals surface area contributed by atoms with Gasteiger partial charge in [-0.3, -0.25) is 0 Å². The zero-order valence-electron chi connectivity index (χ0n) is 7.43. The fraction of sp³-hybridized carbons (Fsp3) is 0.200. The Morgan fingerprint density at radius 2 is 2.15 bits per heavy atom. The molecule has 1 aromatic rings. The van der Waals surface area contributed by atoms with Crippen LogP contribution in [0.1, 0.15) is 12.5 Å². The van der Waals surface area contributed by atoms with Crippen LogP contribution < -0.4 is 0 Å². The van der Waals surface area contributed by atoms with Gasteiger partial charge in [0.15, 0.2) is 0 Å². The zero-order chi connectivity index (χ0) is 9.52. The lowest BCUT2D eigenvalue weighted by atomic mass is 10.2. The molecule has 3 heteroatoms. The van der Waals surface area contributed by atoms with E-state index in [1.165, 1.54) is 6.21 Å². The van der Waals surface area contributed by atoms with Gasteiger partial charge < -0.3 is 4.74 Å². The number of carbonyl (C=O) groups excluding carboxylic acids is 1. The van der Waals surface area contributed by atoms with Crippen LogP contribution >= 0.6 is 0 Å². The first-order valence-corrected chi connectivity index (χ1v) is 4.02. The molecule has 13 heavy (non-hydrogen) atoms. The Bertz CT molecular complexity index is 293. The zero-order valence-corrected chi connectivity index (χ0v) is 7.43. The number of hydrogen-bond donors (Lipinski definition) is 0. The second-order valence-electron chi connectivity index (χ2n) is 2.43. The van der Waals surface area contributed by atoms with Gasteiger partial charge in [-0.05, 0) is 12.5 Å². The van der Waals surface area contributed by atoms with Gasteiger partial charge in [0.2, 0.25) is 0 Å². The van der Waals surface area contributed by atoms with Crippen molar-refractivity contribution in [2.45, 2.75) is 13.5 Å². The largest absolute Gasteiger partial charge is 0.443 e. The Hall–Kier alpha value is -1.64. The van der Waals surface area contributed by atoms with Crippen LogP contribution in [-0.2, 0) is 11.3 Å². The van der Waals surface area contributed by atoms with Crippen LogP contribution in [0.5, 0.6) is 0 Å². The molecule has 3 nitrogen and oxygen atoms in total. The van der Waals surface area contributed by atoms with Crippen molar-refractivity contribution in [2.24, 2.45) is 4.99 Å². The second kappa shape index (κ2) is 5.09. The average Bonchev–Trinajstić information content (AvgIpc) is 2.17. The lowest BCUT2D eigenvalue weighted by molar-refractivity contribution is 0.151. The normalized spacial score (nSPS) is 10.2. The van der Waals surface area contributed by atoms with E-state index in [-0.39, 0.29) is 6.61 Å². The molecule has 0 fully saturated rings. The van der Waals surface area contributed by atoms with Crippen molar-refractivity contribution in [3.63, 3.8) is 0 Å². The van der Waals surface area contributed by atoms with Gasteiger partial charge in [0.1, 0.15) is 6.61 Å². The van der Waals surface area contributed by atoms with Crippen molar-refractivity contribution in [1.82, 2.24) is 0 Å². The summed E-state index contributed by atoms with van der Waals surface area (Å²) in [5.74, 6) is 0. The van der Waals surface area contributed by atoms with Crippen molar-refractivity contribution in [3.8, 4) is 0 Å². The van der Waals surface area contributed by atoms with Gasteiger partial charge in [-0.1, -0.05) is 30.3 Å². The summed E-state index contributed by atoms with van der Waals surface area (Å²) in [5, 5.41) is 0. The van der Waals surface area contributed by atoms with E-state index >= 15 is 0 Å². The number of amides is 1. The van der Waals surface area contributed by atoms with E-state index < -0.39 is 6.09 Å². The van der Waals surface area contributed by atoms with E-state index in [0.717, 1.165) is 5.56 Å². The third kappa shape index (κ3) is 3.51. The Balaban J connectivity index is 2.40. The summed E-state index contributed by atoms with van der Waals surface area (Å²) in [5.41, 5.74) is 0.960. The molecule has 0 heterocycles. The van der Waals surface area contributed by atoms with Gasteiger partial charge in [0.25, 0.3) is 0 Å². The second-order valence-corrected chi connectivity index (χ2v) is 2.43. The van der Waals surface area contributed by atoms with Crippen LogP contribution in [0.3, 0.4) is 0 Å². The van der Waals surface area contributed by atoms with Gasteiger partial charge in [-0.2, -0.15) is 4.99 Å². The molecule has 0 aliphatic heterocycles. The summed E-state index contributed by atoms with van der Waals surface area (Å²) in [6.45, 7) is 1.95. The number of benzene rings is 1. The molecule has 0 aliphatic carbocycles. The average molecular weight is 177 g/mol. The van der Waals surface area contributed by atoms with Crippen molar-refractivity contribution in [2.75, 3.05) is 0 Å². The predicted octanol–water partition coefficient (Wildman–Crippen LogP) is 2.41. The SMILES string of the molecule is CC=NC(=O)OCc1ccccc1. The van der Waals surface area contributed by atoms with Gasteiger partial charge in [0, 0.05) is 6.21 Å². The summed E-state index contributed by atoms with van der Waals surface area (Å²) in [7, 11) is 0. The minimum atomic E-state index is -0.550. The third-order valence-corrected chi connectivity index (χ3v) is 1.44.